The molecule has 110 valence electrons. The minimum atomic E-state index is 0.470. The Balaban J connectivity index is 1.49. The summed E-state index contributed by atoms with van der Waals surface area (Å²) in [5.74, 6) is 1.62. The Kier molecular flexibility index (Phi) is 4.20. The summed E-state index contributed by atoms with van der Waals surface area (Å²) in [6.45, 7) is 0.972. The molecule has 1 aliphatic carbocycles. The van der Waals surface area contributed by atoms with Crippen LogP contribution in [-0.4, -0.2) is 13.2 Å². The average molecular weight is 304 g/mol. The van der Waals surface area contributed by atoms with E-state index < -0.39 is 0 Å². The molecule has 0 saturated carbocycles. The van der Waals surface area contributed by atoms with E-state index in [1.165, 1.54) is 24.0 Å². The molecule has 2 N–H and O–H groups in total. The molecule has 0 saturated heterocycles. The summed E-state index contributed by atoms with van der Waals surface area (Å²) in [4.78, 5) is 0. The van der Waals surface area contributed by atoms with Gasteiger partial charge in [-0.3, -0.25) is 0 Å². The maximum absolute atomic E-state index is 5.86. The van der Waals surface area contributed by atoms with Crippen LogP contribution in [-0.2, 0) is 12.8 Å². The predicted octanol–water partition coefficient (Wildman–Crippen LogP) is 3.87. The Labute approximate surface area is 129 Å². The maximum atomic E-state index is 5.86. The minimum Gasteiger partial charge on any atom is -0.490 e. The van der Waals surface area contributed by atoms with Gasteiger partial charge in [-0.2, -0.15) is 0 Å². The lowest BCUT2D eigenvalue weighted by atomic mass is 10.1. The van der Waals surface area contributed by atoms with Crippen LogP contribution in [0.2, 0.25) is 5.02 Å². The number of nitrogen functional groups attached to an aromatic ring is 1. The molecule has 0 bridgehead atoms. The quantitative estimate of drug-likeness (QED) is 0.673. The zero-order valence-corrected chi connectivity index (χ0v) is 12.5. The van der Waals surface area contributed by atoms with Gasteiger partial charge in [0.15, 0.2) is 0 Å². The molecule has 3 nitrogen and oxygen atoms in total. The van der Waals surface area contributed by atoms with Crippen LogP contribution in [0.4, 0.5) is 5.69 Å². The van der Waals surface area contributed by atoms with Gasteiger partial charge in [0.2, 0.25) is 0 Å². The van der Waals surface area contributed by atoms with Gasteiger partial charge in [0.1, 0.15) is 24.7 Å². The number of halogens is 1. The lowest BCUT2D eigenvalue weighted by Crippen LogP contribution is -2.09. The average Bonchev–Trinajstić information content (AvgIpc) is 2.95. The molecular formula is C17H18ClNO2. The van der Waals surface area contributed by atoms with E-state index >= 15 is 0 Å². The highest BCUT2D eigenvalue weighted by atomic mass is 35.5. The molecule has 1 aliphatic rings. The number of benzene rings is 2. The van der Waals surface area contributed by atoms with Crippen molar-refractivity contribution in [3.8, 4) is 11.5 Å². The van der Waals surface area contributed by atoms with Crippen LogP contribution in [0, 0.1) is 0 Å². The summed E-state index contributed by atoms with van der Waals surface area (Å²) in [7, 11) is 0. The Morgan fingerprint density at radius 1 is 0.905 bits per heavy atom. The van der Waals surface area contributed by atoms with Gasteiger partial charge in [0.05, 0.1) is 10.7 Å². The molecule has 0 aromatic heterocycles. The minimum absolute atomic E-state index is 0.470. The standard InChI is InChI=1S/C17H18ClNO2/c18-16-7-6-15(11-17(16)19)21-9-8-20-14-5-4-12-2-1-3-13(12)10-14/h4-7,10-11H,1-3,8-9,19H2. The van der Waals surface area contributed by atoms with Gasteiger partial charge in [0.25, 0.3) is 0 Å². The van der Waals surface area contributed by atoms with Gasteiger partial charge in [-0.1, -0.05) is 17.7 Å². The number of aryl methyl sites for hydroxylation is 2. The number of hydrogen-bond donors (Lipinski definition) is 1. The molecule has 21 heavy (non-hydrogen) atoms. The zero-order chi connectivity index (χ0) is 14.7. The van der Waals surface area contributed by atoms with Crippen molar-refractivity contribution in [1.82, 2.24) is 0 Å². The molecule has 3 rings (SSSR count). The lowest BCUT2D eigenvalue weighted by Gasteiger charge is -2.10. The van der Waals surface area contributed by atoms with Crippen LogP contribution in [0.3, 0.4) is 0 Å². The van der Waals surface area contributed by atoms with Crippen molar-refractivity contribution in [2.45, 2.75) is 19.3 Å². The number of nitrogens with two attached hydrogens (primary N) is 1. The van der Waals surface area contributed by atoms with Crippen molar-refractivity contribution in [3.63, 3.8) is 0 Å². The van der Waals surface area contributed by atoms with Gasteiger partial charge >= 0.3 is 0 Å². The van der Waals surface area contributed by atoms with Crippen molar-refractivity contribution in [2.24, 2.45) is 0 Å². The lowest BCUT2D eigenvalue weighted by molar-refractivity contribution is 0.217. The Morgan fingerprint density at radius 2 is 1.57 bits per heavy atom. The summed E-state index contributed by atoms with van der Waals surface area (Å²) in [6, 6.07) is 11.6. The highest BCUT2D eigenvalue weighted by molar-refractivity contribution is 6.33. The highest BCUT2D eigenvalue weighted by Gasteiger charge is 2.11. The molecule has 0 amide bonds. The van der Waals surface area contributed by atoms with Gasteiger partial charge in [-0.25, -0.2) is 0 Å². The fourth-order valence-electron chi connectivity index (χ4n) is 2.57. The first-order valence-corrected chi connectivity index (χ1v) is 7.52. The van der Waals surface area contributed by atoms with E-state index in [2.05, 4.69) is 12.1 Å². The van der Waals surface area contributed by atoms with Crippen molar-refractivity contribution >= 4 is 17.3 Å². The number of rotatable bonds is 5. The fourth-order valence-corrected chi connectivity index (χ4v) is 2.69. The third-order valence-electron chi connectivity index (χ3n) is 3.66. The summed E-state index contributed by atoms with van der Waals surface area (Å²) >= 11 is 5.86. The summed E-state index contributed by atoms with van der Waals surface area (Å²) < 4.78 is 11.3. The third kappa shape index (κ3) is 3.42. The molecule has 2 aromatic carbocycles. The molecule has 0 heterocycles. The Morgan fingerprint density at radius 3 is 2.33 bits per heavy atom. The van der Waals surface area contributed by atoms with Gasteiger partial charge < -0.3 is 15.2 Å². The van der Waals surface area contributed by atoms with Crippen LogP contribution in [0.15, 0.2) is 36.4 Å². The summed E-state index contributed by atoms with van der Waals surface area (Å²) in [5, 5.41) is 0.539. The van der Waals surface area contributed by atoms with Gasteiger partial charge in [0, 0.05) is 6.07 Å². The largest absolute Gasteiger partial charge is 0.490 e. The topological polar surface area (TPSA) is 44.5 Å². The Hall–Kier alpha value is -1.87. The third-order valence-corrected chi connectivity index (χ3v) is 4.00. The SMILES string of the molecule is Nc1cc(OCCOc2ccc3c(c2)CCC3)ccc1Cl. The van der Waals surface area contributed by atoms with Gasteiger partial charge in [-0.05, 0) is 54.7 Å². The first kappa shape index (κ1) is 14.1. The fraction of sp³-hybridized carbons (Fsp3) is 0.294. The number of hydrogen-bond acceptors (Lipinski definition) is 3. The second kappa shape index (κ2) is 6.27. The molecule has 0 unspecified atom stereocenters. The van der Waals surface area contributed by atoms with Crippen LogP contribution in [0.5, 0.6) is 11.5 Å². The van der Waals surface area contributed by atoms with Gasteiger partial charge in [-0.15, -0.1) is 0 Å². The predicted molar refractivity (Wildman–Crippen MR) is 85.3 cm³/mol. The van der Waals surface area contributed by atoms with Crippen LogP contribution >= 0.6 is 11.6 Å². The second-order valence-electron chi connectivity index (χ2n) is 5.16. The first-order chi connectivity index (χ1) is 10.2. The van der Waals surface area contributed by atoms with E-state index in [9.17, 15) is 0 Å². The van der Waals surface area contributed by atoms with E-state index in [4.69, 9.17) is 26.8 Å². The molecular weight excluding hydrogens is 286 g/mol. The molecule has 0 fully saturated rings. The number of ether oxygens (including phenoxy) is 2. The van der Waals surface area contributed by atoms with Crippen molar-refractivity contribution < 1.29 is 9.47 Å². The number of anilines is 1. The van der Waals surface area contributed by atoms with E-state index in [-0.39, 0.29) is 0 Å². The van der Waals surface area contributed by atoms with Crippen LogP contribution in [0.25, 0.3) is 0 Å². The second-order valence-corrected chi connectivity index (χ2v) is 5.57. The molecule has 0 spiro atoms. The molecule has 0 radical (unpaired) electrons. The van der Waals surface area contributed by atoms with Crippen molar-refractivity contribution in [2.75, 3.05) is 18.9 Å². The van der Waals surface area contributed by atoms with E-state index in [0.717, 1.165) is 12.2 Å². The monoisotopic (exact) mass is 303 g/mol. The molecule has 0 aliphatic heterocycles. The molecule has 2 aromatic rings. The Bertz CT molecular complexity index is 643. The normalized spacial score (nSPS) is 13.0. The van der Waals surface area contributed by atoms with Crippen LogP contribution in [0.1, 0.15) is 17.5 Å². The molecule has 4 heteroatoms. The maximum Gasteiger partial charge on any atom is 0.122 e. The summed E-state index contributed by atoms with van der Waals surface area (Å²) in [6.07, 6.45) is 3.60. The van der Waals surface area contributed by atoms with Crippen LogP contribution < -0.4 is 15.2 Å². The summed E-state index contributed by atoms with van der Waals surface area (Å²) in [5.41, 5.74) is 9.12. The molecule has 0 atom stereocenters. The van der Waals surface area contributed by atoms with E-state index in [1.54, 1.807) is 18.2 Å². The van der Waals surface area contributed by atoms with E-state index in [1.807, 2.05) is 6.07 Å². The van der Waals surface area contributed by atoms with Crippen molar-refractivity contribution in [3.05, 3.63) is 52.5 Å². The highest BCUT2D eigenvalue weighted by Crippen LogP contribution is 2.26. The zero-order valence-electron chi connectivity index (χ0n) is 11.8. The van der Waals surface area contributed by atoms with E-state index in [0.29, 0.717) is 29.7 Å². The van der Waals surface area contributed by atoms with Crippen molar-refractivity contribution in [1.29, 1.82) is 0 Å². The smallest absolute Gasteiger partial charge is 0.122 e. The first-order valence-electron chi connectivity index (χ1n) is 7.15. The number of fused-ring (bicyclic) bond motifs is 1.